The first-order chi connectivity index (χ1) is 13.8. The van der Waals surface area contributed by atoms with Crippen molar-refractivity contribution in [3.63, 3.8) is 0 Å². The molecule has 10 heteroatoms. The number of benzene rings is 2. The summed E-state index contributed by atoms with van der Waals surface area (Å²) in [7, 11) is -2.36. The maximum Gasteiger partial charge on any atom is 0.270 e. The van der Waals surface area contributed by atoms with Crippen LogP contribution in [0.1, 0.15) is 24.8 Å². The summed E-state index contributed by atoms with van der Waals surface area (Å²) in [6.45, 7) is 0.901. The van der Waals surface area contributed by atoms with Gasteiger partial charge in [0.15, 0.2) is 0 Å². The Morgan fingerprint density at radius 2 is 1.86 bits per heavy atom. The van der Waals surface area contributed by atoms with Crippen molar-refractivity contribution in [3.8, 4) is 11.5 Å². The molecule has 2 aromatic rings. The molecule has 0 bridgehead atoms. The number of nitrogens with zero attached hydrogens (tertiary/aromatic N) is 3. The van der Waals surface area contributed by atoms with Crippen molar-refractivity contribution < 1.29 is 23.2 Å². The molecule has 0 atom stereocenters. The number of hydrogen-bond acceptors (Lipinski definition) is 7. The summed E-state index contributed by atoms with van der Waals surface area (Å²) in [6, 6.07) is 7.76. The Morgan fingerprint density at radius 1 is 1.14 bits per heavy atom. The minimum Gasteiger partial charge on any atom is -0.872 e. The Morgan fingerprint density at radius 3 is 2.52 bits per heavy atom. The van der Waals surface area contributed by atoms with Crippen LogP contribution in [0.4, 0.5) is 11.4 Å². The smallest absolute Gasteiger partial charge is 0.270 e. The van der Waals surface area contributed by atoms with Gasteiger partial charge in [-0.1, -0.05) is 18.2 Å². The summed E-state index contributed by atoms with van der Waals surface area (Å²) in [4.78, 5) is 14.4. The highest BCUT2D eigenvalue weighted by Crippen LogP contribution is 2.32. The van der Waals surface area contributed by atoms with E-state index in [9.17, 15) is 23.6 Å². The summed E-state index contributed by atoms with van der Waals surface area (Å²) in [5, 5.41) is 22.8. The molecule has 0 spiro atoms. The fraction of sp³-hybridized carbons (Fsp3) is 0.316. The van der Waals surface area contributed by atoms with Gasteiger partial charge in [-0.05, 0) is 36.6 Å². The number of sulfonamides is 1. The van der Waals surface area contributed by atoms with E-state index in [4.69, 9.17) is 4.74 Å². The van der Waals surface area contributed by atoms with Gasteiger partial charge in [0.1, 0.15) is 10.6 Å². The lowest BCUT2D eigenvalue weighted by atomic mass is 10.2. The first-order valence-corrected chi connectivity index (χ1v) is 10.4. The van der Waals surface area contributed by atoms with Crippen LogP contribution in [0.5, 0.6) is 11.5 Å². The Bertz CT molecular complexity index is 1050. The van der Waals surface area contributed by atoms with Crippen LogP contribution in [0, 0.1) is 10.1 Å². The normalized spacial score (nSPS) is 15.5. The van der Waals surface area contributed by atoms with E-state index < -0.39 is 20.7 Å². The standard InChI is InChI=1S/C19H21N3O6S/c1-28-18-8-5-15(12-19(18)29(26,27)21-9-3-2-4-10-21)20-13-14-11-16(22(24)25)6-7-17(14)23/h5-8,11-13,23H,2-4,9-10H2,1H3/p-1. The van der Waals surface area contributed by atoms with E-state index in [-0.39, 0.29) is 27.6 Å². The molecule has 1 saturated heterocycles. The van der Waals surface area contributed by atoms with Gasteiger partial charge in [-0.25, -0.2) is 8.42 Å². The zero-order valence-electron chi connectivity index (χ0n) is 15.8. The summed E-state index contributed by atoms with van der Waals surface area (Å²) in [5.74, 6) is -0.219. The lowest BCUT2D eigenvalue weighted by molar-refractivity contribution is -0.385. The predicted octanol–water partition coefficient (Wildman–Crippen LogP) is 2.60. The quantitative estimate of drug-likeness (QED) is 0.403. The molecule has 0 saturated carbocycles. The molecule has 1 aliphatic rings. The van der Waals surface area contributed by atoms with Crippen LogP contribution in [0.15, 0.2) is 46.3 Å². The summed E-state index contributed by atoms with van der Waals surface area (Å²) in [6.07, 6.45) is 3.79. The molecule has 3 rings (SSSR count). The highest BCUT2D eigenvalue weighted by molar-refractivity contribution is 7.89. The third kappa shape index (κ3) is 4.54. The van der Waals surface area contributed by atoms with Gasteiger partial charge >= 0.3 is 0 Å². The van der Waals surface area contributed by atoms with E-state index in [0.29, 0.717) is 13.1 Å². The van der Waals surface area contributed by atoms with Crippen molar-refractivity contribution in [1.82, 2.24) is 4.31 Å². The van der Waals surface area contributed by atoms with Gasteiger partial charge in [0.05, 0.1) is 17.7 Å². The fourth-order valence-corrected chi connectivity index (χ4v) is 4.78. The molecular formula is C19H20N3O6S-. The van der Waals surface area contributed by atoms with Crippen LogP contribution in [-0.4, -0.2) is 44.1 Å². The first-order valence-electron chi connectivity index (χ1n) is 9.00. The molecule has 0 N–H and O–H groups in total. The lowest BCUT2D eigenvalue weighted by Crippen LogP contribution is -2.35. The van der Waals surface area contributed by atoms with Gasteiger partial charge in [0.25, 0.3) is 5.69 Å². The largest absolute Gasteiger partial charge is 0.872 e. The number of methoxy groups -OCH3 is 1. The molecule has 0 radical (unpaired) electrons. The van der Waals surface area contributed by atoms with Gasteiger partial charge in [-0.15, -0.1) is 0 Å². The monoisotopic (exact) mass is 418 g/mol. The molecule has 9 nitrogen and oxygen atoms in total. The van der Waals surface area contributed by atoms with Crippen LogP contribution in [0.2, 0.25) is 0 Å². The van der Waals surface area contributed by atoms with Crippen molar-refractivity contribution in [2.75, 3.05) is 20.2 Å². The summed E-state index contributed by atoms with van der Waals surface area (Å²) in [5.41, 5.74) is 0.0943. The van der Waals surface area contributed by atoms with E-state index >= 15 is 0 Å². The third-order valence-electron chi connectivity index (χ3n) is 4.64. The van der Waals surface area contributed by atoms with E-state index in [1.165, 1.54) is 29.8 Å². The van der Waals surface area contributed by atoms with E-state index in [0.717, 1.165) is 37.5 Å². The zero-order valence-corrected chi connectivity index (χ0v) is 16.6. The SMILES string of the molecule is COc1ccc(N=Cc2cc([N+](=O)[O-])ccc2[O-])cc1S(=O)(=O)N1CCCCC1. The molecular weight excluding hydrogens is 398 g/mol. The fourth-order valence-electron chi connectivity index (χ4n) is 3.09. The second-order valence-electron chi connectivity index (χ2n) is 6.54. The highest BCUT2D eigenvalue weighted by atomic mass is 32.2. The van der Waals surface area contributed by atoms with Crippen LogP contribution >= 0.6 is 0 Å². The second kappa shape index (κ2) is 8.58. The van der Waals surface area contributed by atoms with Crippen LogP contribution in [0.3, 0.4) is 0 Å². The topological polar surface area (TPSA) is 125 Å². The minimum absolute atomic E-state index is 0.00191. The van der Waals surface area contributed by atoms with Crippen molar-refractivity contribution in [3.05, 3.63) is 52.1 Å². The Balaban J connectivity index is 1.96. The number of aliphatic imine (C=N–C) groups is 1. The highest BCUT2D eigenvalue weighted by Gasteiger charge is 2.29. The number of nitro benzene ring substituents is 1. The molecule has 0 amide bonds. The van der Waals surface area contributed by atoms with Crippen molar-refractivity contribution >= 4 is 27.6 Å². The van der Waals surface area contributed by atoms with Crippen molar-refractivity contribution in [2.45, 2.75) is 24.2 Å². The molecule has 0 unspecified atom stereocenters. The number of piperidine rings is 1. The molecule has 1 heterocycles. The van der Waals surface area contributed by atoms with Gasteiger partial charge in [-0.2, -0.15) is 4.31 Å². The van der Waals surface area contributed by atoms with Crippen molar-refractivity contribution in [1.29, 1.82) is 0 Å². The number of non-ortho nitro benzene ring substituents is 1. The molecule has 0 aliphatic carbocycles. The van der Waals surface area contributed by atoms with Gasteiger partial charge in [-0.3, -0.25) is 15.1 Å². The van der Waals surface area contributed by atoms with Crippen molar-refractivity contribution in [2.24, 2.45) is 4.99 Å². The Labute approximate surface area is 168 Å². The average molecular weight is 418 g/mol. The first kappa shape index (κ1) is 20.7. The molecule has 1 fully saturated rings. The van der Waals surface area contributed by atoms with Gasteiger partial charge in [0.2, 0.25) is 10.0 Å². The molecule has 0 aromatic heterocycles. The average Bonchev–Trinajstić information content (AvgIpc) is 2.73. The summed E-state index contributed by atoms with van der Waals surface area (Å²) >= 11 is 0. The maximum atomic E-state index is 13.0. The summed E-state index contributed by atoms with van der Waals surface area (Å²) < 4.78 is 32.7. The number of nitro groups is 1. The predicted molar refractivity (Wildman–Crippen MR) is 105 cm³/mol. The van der Waals surface area contributed by atoms with Crippen LogP contribution in [-0.2, 0) is 10.0 Å². The van der Waals surface area contributed by atoms with E-state index in [1.807, 2.05) is 0 Å². The number of rotatable bonds is 6. The Kier molecular flexibility index (Phi) is 6.14. The van der Waals surface area contributed by atoms with Crippen LogP contribution < -0.4 is 9.84 Å². The number of hydrogen-bond donors (Lipinski definition) is 0. The second-order valence-corrected chi connectivity index (χ2v) is 8.44. The Hall–Kier alpha value is -2.98. The maximum absolute atomic E-state index is 13.0. The van der Waals surface area contributed by atoms with Gasteiger partial charge < -0.3 is 9.84 Å². The van der Waals surface area contributed by atoms with Gasteiger partial charge in [0, 0.05) is 31.4 Å². The molecule has 154 valence electrons. The lowest BCUT2D eigenvalue weighted by Gasteiger charge is -2.26. The third-order valence-corrected chi connectivity index (χ3v) is 6.56. The zero-order chi connectivity index (χ0) is 21.0. The number of ether oxygens (including phenoxy) is 1. The minimum atomic E-state index is -3.75. The molecule has 2 aromatic carbocycles. The van der Waals surface area contributed by atoms with E-state index in [2.05, 4.69) is 4.99 Å². The molecule has 29 heavy (non-hydrogen) atoms. The van der Waals surface area contributed by atoms with Crippen LogP contribution in [0.25, 0.3) is 0 Å². The molecule has 1 aliphatic heterocycles. The van der Waals surface area contributed by atoms with E-state index in [1.54, 1.807) is 6.07 Å².